The Morgan fingerprint density at radius 2 is 1.88 bits per heavy atom. The van der Waals surface area contributed by atoms with Gasteiger partial charge >= 0.3 is 5.97 Å². The fraction of sp³-hybridized carbons (Fsp3) is 0.176. The molecule has 0 unspecified atom stereocenters. The average Bonchev–Trinajstić information content (AvgIpc) is 2.66. The van der Waals surface area contributed by atoms with E-state index in [-0.39, 0.29) is 23.4 Å². The third-order valence-corrected chi connectivity index (χ3v) is 4.01. The van der Waals surface area contributed by atoms with E-state index >= 15 is 0 Å². The Morgan fingerprint density at radius 1 is 1.15 bits per heavy atom. The minimum atomic E-state index is -0.608. The lowest BCUT2D eigenvalue weighted by molar-refractivity contribution is 0.0593. The Morgan fingerprint density at radius 3 is 2.54 bits per heavy atom. The van der Waals surface area contributed by atoms with Crippen molar-refractivity contribution in [1.29, 1.82) is 0 Å². The first-order valence-corrected chi connectivity index (χ1v) is 7.86. The SMILES string of the molecule is COC(=O)c1cc(-c2cc(OC)c3nc(N)nc(Cl)c3c2)cc(CO)n1. The Hall–Kier alpha value is -2.97. The van der Waals surface area contributed by atoms with Crippen molar-refractivity contribution in [3.8, 4) is 16.9 Å². The first-order valence-electron chi connectivity index (χ1n) is 7.48. The van der Waals surface area contributed by atoms with E-state index < -0.39 is 5.97 Å². The number of carbonyl (C=O) groups excluding carboxylic acids is 1. The van der Waals surface area contributed by atoms with Gasteiger partial charge in [-0.1, -0.05) is 11.6 Å². The summed E-state index contributed by atoms with van der Waals surface area (Å²) in [4.78, 5) is 24.0. The van der Waals surface area contributed by atoms with E-state index in [1.807, 2.05) is 0 Å². The lowest BCUT2D eigenvalue weighted by Gasteiger charge is -2.12. The molecule has 0 bridgehead atoms. The maximum Gasteiger partial charge on any atom is 0.356 e. The standard InChI is InChI=1S/C17H15ClN4O4/c1-25-13-6-9(4-11-14(13)21-17(19)22-15(11)18)8-3-10(7-23)20-12(5-8)16(24)26-2/h3-6,23H,7H2,1-2H3,(H2,19,21,22). The Bertz CT molecular complexity index is 1010. The van der Waals surface area contributed by atoms with Gasteiger partial charge in [-0.05, 0) is 35.4 Å². The summed E-state index contributed by atoms with van der Waals surface area (Å²) in [5.74, 6) is -0.132. The number of aromatic nitrogens is 3. The van der Waals surface area contributed by atoms with E-state index in [1.54, 1.807) is 24.3 Å². The van der Waals surface area contributed by atoms with E-state index in [1.165, 1.54) is 14.2 Å². The fourth-order valence-corrected chi connectivity index (χ4v) is 2.78. The number of nitrogen functional groups attached to an aromatic ring is 1. The number of hydrogen-bond donors (Lipinski definition) is 2. The number of halogens is 1. The third-order valence-electron chi connectivity index (χ3n) is 3.72. The summed E-state index contributed by atoms with van der Waals surface area (Å²) >= 11 is 6.20. The molecule has 0 atom stereocenters. The minimum absolute atomic E-state index is 0.0352. The summed E-state index contributed by atoms with van der Waals surface area (Å²) in [7, 11) is 2.76. The fourth-order valence-electron chi connectivity index (χ4n) is 2.55. The highest BCUT2D eigenvalue weighted by Gasteiger charge is 2.16. The van der Waals surface area contributed by atoms with Crippen molar-refractivity contribution in [3.05, 3.63) is 40.8 Å². The van der Waals surface area contributed by atoms with Crippen LogP contribution in [0.5, 0.6) is 5.75 Å². The number of rotatable bonds is 4. The van der Waals surface area contributed by atoms with Crippen molar-refractivity contribution in [2.75, 3.05) is 20.0 Å². The number of pyridine rings is 1. The summed E-state index contributed by atoms with van der Waals surface area (Å²) in [6, 6.07) is 6.68. The van der Waals surface area contributed by atoms with Crippen LogP contribution in [-0.2, 0) is 11.3 Å². The van der Waals surface area contributed by atoms with Crippen LogP contribution in [0.1, 0.15) is 16.2 Å². The number of esters is 1. The van der Waals surface area contributed by atoms with Gasteiger partial charge in [0.15, 0.2) is 0 Å². The highest BCUT2D eigenvalue weighted by Crippen LogP contribution is 2.35. The summed E-state index contributed by atoms with van der Waals surface area (Å²) in [6.07, 6.45) is 0. The molecule has 2 aromatic heterocycles. The van der Waals surface area contributed by atoms with Gasteiger partial charge in [-0.2, -0.15) is 0 Å². The van der Waals surface area contributed by atoms with Gasteiger partial charge in [-0.3, -0.25) is 0 Å². The van der Waals surface area contributed by atoms with Gasteiger partial charge in [0.05, 0.1) is 26.5 Å². The zero-order valence-corrected chi connectivity index (χ0v) is 14.7. The summed E-state index contributed by atoms with van der Waals surface area (Å²) in [6.45, 7) is -0.330. The number of fused-ring (bicyclic) bond motifs is 1. The van der Waals surface area contributed by atoms with Crippen LogP contribution in [0.4, 0.5) is 5.95 Å². The van der Waals surface area contributed by atoms with Crippen LogP contribution >= 0.6 is 11.6 Å². The number of benzene rings is 1. The lowest BCUT2D eigenvalue weighted by Crippen LogP contribution is -2.07. The lowest BCUT2D eigenvalue weighted by atomic mass is 10.0. The first kappa shape index (κ1) is 17.8. The van der Waals surface area contributed by atoms with Crippen molar-refractivity contribution < 1.29 is 19.4 Å². The molecule has 3 aromatic rings. The molecule has 0 radical (unpaired) electrons. The molecule has 3 rings (SSSR count). The number of anilines is 1. The van der Waals surface area contributed by atoms with E-state index in [9.17, 15) is 9.90 Å². The second-order valence-corrected chi connectivity index (χ2v) is 5.69. The molecule has 0 fully saturated rings. The molecule has 0 aliphatic heterocycles. The van der Waals surface area contributed by atoms with Crippen LogP contribution in [0.3, 0.4) is 0 Å². The number of aliphatic hydroxyl groups excluding tert-OH is 1. The van der Waals surface area contributed by atoms with Crippen molar-refractivity contribution in [1.82, 2.24) is 15.0 Å². The highest BCUT2D eigenvalue weighted by atomic mass is 35.5. The molecule has 0 saturated heterocycles. The molecular weight excluding hydrogens is 360 g/mol. The second kappa shape index (κ2) is 7.11. The molecule has 1 aromatic carbocycles. The van der Waals surface area contributed by atoms with Crippen LogP contribution in [0.2, 0.25) is 5.15 Å². The largest absolute Gasteiger partial charge is 0.494 e. The quantitative estimate of drug-likeness (QED) is 0.526. The van der Waals surface area contributed by atoms with Crippen LogP contribution in [-0.4, -0.2) is 40.2 Å². The van der Waals surface area contributed by atoms with Crippen molar-refractivity contribution in [2.24, 2.45) is 0 Å². The van der Waals surface area contributed by atoms with Gasteiger partial charge in [0.1, 0.15) is 22.1 Å². The van der Waals surface area contributed by atoms with E-state index in [0.717, 1.165) is 0 Å². The number of carbonyl (C=O) groups is 1. The molecule has 0 spiro atoms. The molecule has 0 aliphatic rings. The number of methoxy groups -OCH3 is 2. The van der Waals surface area contributed by atoms with Gasteiger partial charge < -0.3 is 20.3 Å². The van der Waals surface area contributed by atoms with Crippen LogP contribution in [0, 0.1) is 0 Å². The number of aliphatic hydroxyl groups is 1. The molecule has 8 nitrogen and oxygen atoms in total. The topological polar surface area (TPSA) is 120 Å². The zero-order chi connectivity index (χ0) is 18.8. The van der Waals surface area contributed by atoms with E-state index in [0.29, 0.717) is 33.5 Å². The smallest absolute Gasteiger partial charge is 0.356 e. The molecule has 0 saturated carbocycles. The Balaban J connectivity index is 2.27. The average molecular weight is 375 g/mol. The predicted octanol–water partition coefficient (Wildman–Crippen LogP) is 2.21. The summed E-state index contributed by atoms with van der Waals surface area (Å²) in [5, 5.41) is 10.2. The molecular formula is C17H15ClN4O4. The van der Waals surface area contributed by atoms with Crippen LogP contribution < -0.4 is 10.5 Å². The van der Waals surface area contributed by atoms with Gasteiger partial charge in [0.25, 0.3) is 0 Å². The monoisotopic (exact) mass is 374 g/mol. The number of nitrogens with zero attached hydrogens (tertiary/aromatic N) is 3. The van der Waals surface area contributed by atoms with Gasteiger partial charge in [0, 0.05) is 5.39 Å². The molecule has 134 valence electrons. The molecule has 26 heavy (non-hydrogen) atoms. The first-order chi connectivity index (χ1) is 12.5. The van der Waals surface area contributed by atoms with Crippen molar-refractivity contribution >= 4 is 34.4 Å². The highest BCUT2D eigenvalue weighted by molar-refractivity contribution is 6.34. The minimum Gasteiger partial charge on any atom is -0.494 e. The maximum absolute atomic E-state index is 11.8. The van der Waals surface area contributed by atoms with Gasteiger partial charge in [-0.25, -0.2) is 19.7 Å². The summed E-state index contributed by atoms with van der Waals surface area (Å²) in [5.41, 5.74) is 7.82. The van der Waals surface area contributed by atoms with Gasteiger partial charge in [0.2, 0.25) is 5.95 Å². The number of hydrogen-bond acceptors (Lipinski definition) is 8. The summed E-state index contributed by atoms with van der Waals surface area (Å²) < 4.78 is 10.1. The second-order valence-electron chi connectivity index (χ2n) is 5.33. The molecule has 0 amide bonds. The molecule has 3 N–H and O–H groups in total. The van der Waals surface area contributed by atoms with Gasteiger partial charge in [-0.15, -0.1) is 0 Å². The van der Waals surface area contributed by atoms with Crippen LogP contribution in [0.15, 0.2) is 24.3 Å². The van der Waals surface area contributed by atoms with Crippen molar-refractivity contribution in [2.45, 2.75) is 6.61 Å². The van der Waals surface area contributed by atoms with E-state index in [4.69, 9.17) is 26.8 Å². The maximum atomic E-state index is 11.8. The number of nitrogens with two attached hydrogens (primary N) is 1. The third kappa shape index (κ3) is 3.24. The Kier molecular flexibility index (Phi) is 4.88. The zero-order valence-electron chi connectivity index (χ0n) is 14.0. The molecule has 0 aliphatic carbocycles. The van der Waals surface area contributed by atoms with Crippen LogP contribution in [0.25, 0.3) is 22.0 Å². The predicted molar refractivity (Wildman–Crippen MR) is 96.0 cm³/mol. The number of ether oxygens (including phenoxy) is 2. The van der Waals surface area contributed by atoms with Crippen molar-refractivity contribution in [3.63, 3.8) is 0 Å². The molecule has 9 heteroatoms. The molecule has 2 heterocycles. The Labute approximate surface area is 153 Å². The normalized spacial score (nSPS) is 10.8. The van der Waals surface area contributed by atoms with E-state index in [2.05, 4.69) is 15.0 Å².